The van der Waals surface area contributed by atoms with Crippen molar-refractivity contribution in [2.24, 2.45) is 0 Å². The minimum atomic E-state index is -1.53. The highest BCUT2D eigenvalue weighted by Gasteiger charge is 2.45. The number of hydrogen-bond donors (Lipinski definition) is 2. The summed E-state index contributed by atoms with van der Waals surface area (Å²) in [6.07, 6.45) is -0.0785. The molecule has 4 amide bonds. The van der Waals surface area contributed by atoms with Crippen LogP contribution in [0.15, 0.2) is 46.9 Å². The second-order valence-corrected chi connectivity index (χ2v) is 13.1. The normalized spacial score (nSPS) is 19.1. The van der Waals surface area contributed by atoms with Crippen molar-refractivity contribution < 1.29 is 37.9 Å². The number of hydrazine groups is 1. The number of esters is 1. The lowest BCUT2D eigenvalue weighted by Gasteiger charge is -2.43. The first-order chi connectivity index (χ1) is 22.2. The Kier molecular flexibility index (Phi) is 9.87. The predicted octanol–water partition coefficient (Wildman–Crippen LogP) is 3.86. The van der Waals surface area contributed by atoms with Crippen molar-refractivity contribution >= 4 is 69.7 Å². The van der Waals surface area contributed by atoms with Crippen molar-refractivity contribution in [3.8, 4) is 0 Å². The lowest BCUT2D eigenvalue weighted by atomic mass is 10.0. The van der Waals surface area contributed by atoms with Crippen LogP contribution in [0.4, 0.5) is 0 Å². The lowest BCUT2D eigenvalue weighted by molar-refractivity contribution is -0.176. The Morgan fingerprint density at radius 3 is 2.51 bits per heavy atom. The molecule has 15 heteroatoms. The fraction of sp³-hybridized carbons (Fsp3) is 0.406. The van der Waals surface area contributed by atoms with E-state index in [-0.39, 0.29) is 47.0 Å². The van der Waals surface area contributed by atoms with E-state index >= 15 is 0 Å². The van der Waals surface area contributed by atoms with Crippen LogP contribution in [0, 0.1) is 0 Å². The van der Waals surface area contributed by atoms with Gasteiger partial charge in [0.25, 0.3) is 17.7 Å². The molecule has 3 heterocycles. The Bertz CT molecular complexity index is 1740. The summed E-state index contributed by atoms with van der Waals surface area (Å²) in [6, 6.07) is 7.28. The lowest BCUT2D eigenvalue weighted by Crippen LogP contribution is -2.64. The molecule has 0 spiro atoms. The monoisotopic (exact) mass is 685 g/mol. The molecule has 0 aliphatic carbocycles. The Morgan fingerprint density at radius 1 is 1.09 bits per heavy atom. The fourth-order valence-electron chi connectivity index (χ4n) is 5.48. The van der Waals surface area contributed by atoms with Gasteiger partial charge in [-0.2, -0.15) is 0 Å². The number of nitrogens with zero attached hydrogens (tertiary/aromatic N) is 3. The average molecular weight is 687 g/mol. The second-order valence-electron chi connectivity index (χ2n) is 12.3. The minimum Gasteiger partial charge on any atom is -0.460 e. The summed E-state index contributed by atoms with van der Waals surface area (Å²) >= 11 is 12.3. The molecule has 3 unspecified atom stereocenters. The Morgan fingerprint density at radius 2 is 1.81 bits per heavy atom. The molecule has 248 valence electrons. The molecule has 0 saturated carbocycles. The van der Waals surface area contributed by atoms with Gasteiger partial charge < -0.3 is 19.8 Å². The number of oxazole rings is 1. The van der Waals surface area contributed by atoms with Crippen molar-refractivity contribution in [1.82, 2.24) is 25.6 Å². The number of benzene rings is 2. The molecular weight excluding hydrogens is 653 g/mol. The first-order valence-corrected chi connectivity index (χ1v) is 15.8. The van der Waals surface area contributed by atoms with Gasteiger partial charge in [-0.15, -0.1) is 0 Å². The summed E-state index contributed by atoms with van der Waals surface area (Å²) in [4.78, 5) is 84.7. The molecule has 0 bridgehead atoms. The maximum atomic E-state index is 13.9. The summed E-state index contributed by atoms with van der Waals surface area (Å²) in [6.45, 7) is 5.13. The van der Waals surface area contributed by atoms with Crippen molar-refractivity contribution in [2.75, 3.05) is 6.54 Å². The topological polar surface area (TPSA) is 168 Å². The zero-order chi connectivity index (χ0) is 34.0. The molecule has 47 heavy (non-hydrogen) atoms. The molecule has 3 aromatic rings. The fourth-order valence-corrected chi connectivity index (χ4v) is 6.00. The van der Waals surface area contributed by atoms with Crippen molar-refractivity contribution in [3.63, 3.8) is 0 Å². The van der Waals surface area contributed by atoms with Crippen LogP contribution in [0.3, 0.4) is 0 Å². The van der Waals surface area contributed by atoms with Crippen LogP contribution in [0.25, 0.3) is 11.1 Å². The standard InChI is InChI=1S/C32H33Cl2N5O8/c1-32(2,3)47-25(41)16-21(26(42)30-37-22-15-18(33)14-19(34)27(22)46-30)36-29(44)23-10-7-13-38-24(40)12-11-20(31(45)39(23)38)35-28(43)17-8-5-4-6-9-17/h4-6,8-9,14-15,20-21,23H,7,10-13,16H2,1-3H3,(H,35,43)(H,36,44). The van der Waals surface area contributed by atoms with E-state index in [0.29, 0.717) is 12.0 Å². The van der Waals surface area contributed by atoms with E-state index < -0.39 is 71.4 Å². The summed E-state index contributed by atoms with van der Waals surface area (Å²) in [7, 11) is 0. The van der Waals surface area contributed by atoms with Crippen LogP contribution in [0.1, 0.15) is 73.9 Å². The van der Waals surface area contributed by atoms with Gasteiger partial charge in [-0.25, -0.2) is 9.99 Å². The number of carbonyl (C=O) groups is 6. The Hall–Kier alpha value is -4.49. The molecule has 2 aromatic carbocycles. The van der Waals surface area contributed by atoms with Gasteiger partial charge in [0, 0.05) is 23.6 Å². The van der Waals surface area contributed by atoms with E-state index in [1.165, 1.54) is 17.1 Å². The van der Waals surface area contributed by atoms with Crippen LogP contribution < -0.4 is 10.6 Å². The van der Waals surface area contributed by atoms with Crippen molar-refractivity contribution in [3.05, 3.63) is 64.0 Å². The van der Waals surface area contributed by atoms with Crippen molar-refractivity contribution in [2.45, 2.75) is 76.6 Å². The summed E-state index contributed by atoms with van der Waals surface area (Å²) < 4.78 is 11.0. The minimum absolute atomic E-state index is 0.0294. The molecule has 2 aliphatic rings. The van der Waals surface area contributed by atoms with Crippen LogP contribution in [-0.2, 0) is 23.9 Å². The van der Waals surface area contributed by atoms with Gasteiger partial charge in [0.15, 0.2) is 5.58 Å². The third kappa shape index (κ3) is 7.74. The van der Waals surface area contributed by atoms with Gasteiger partial charge in [-0.3, -0.25) is 33.8 Å². The summed E-state index contributed by atoms with van der Waals surface area (Å²) in [5.74, 6) is -4.44. The third-order valence-corrected chi connectivity index (χ3v) is 8.05. The zero-order valence-corrected chi connectivity index (χ0v) is 27.4. The van der Waals surface area contributed by atoms with E-state index in [2.05, 4.69) is 15.6 Å². The molecule has 2 saturated heterocycles. The number of aromatic nitrogens is 1. The van der Waals surface area contributed by atoms with Gasteiger partial charge in [-0.05, 0) is 64.3 Å². The summed E-state index contributed by atoms with van der Waals surface area (Å²) in [5, 5.41) is 7.89. The number of amides is 4. The maximum Gasteiger partial charge on any atom is 0.308 e. The van der Waals surface area contributed by atoms with E-state index in [4.69, 9.17) is 32.4 Å². The van der Waals surface area contributed by atoms with Crippen molar-refractivity contribution in [1.29, 1.82) is 0 Å². The summed E-state index contributed by atoms with van der Waals surface area (Å²) in [5.41, 5.74) is -0.291. The van der Waals surface area contributed by atoms with Gasteiger partial charge in [0.2, 0.25) is 17.6 Å². The Balaban J connectivity index is 1.42. The number of rotatable bonds is 8. The number of hydrogen-bond acceptors (Lipinski definition) is 9. The molecule has 3 atom stereocenters. The van der Waals surface area contributed by atoms with Crippen LogP contribution in [0.5, 0.6) is 0 Å². The number of halogens is 2. The number of fused-ring (bicyclic) bond motifs is 2. The number of Topliss-reactive ketones (excluding diaryl/α,β-unsaturated/α-hetero) is 1. The Labute approximate surface area is 279 Å². The number of carbonyl (C=O) groups excluding carboxylic acids is 6. The highest BCUT2D eigenvalue weighted by molar-refractivity contribution is 6.38. The third-order valence-electron chi connectivity index (χ3n) is 7.55. The van der Waals surface area contributed by atoms with E-state index in [0.717, 1.165) is 5.01 Å². The average Bonchev–Trinajstić information content (AvgIpc) is 3.40. The molecule has 1 aromatic heterocycles. The van der Waals surface area contributed by atoms with Gasteiger partial charge in [0.05, 0.1) is 11.4 Å². The van der Waals surface area contributed by atoms with Gasteiger partial charge in [0.1, 0.15) is 29.2 Å². The number of ketones is 1. The van der Waals surface area contributed by atoms with Gasteiger partial charge in [-0.1, -0.05) is 41.4 Å². The quantitative estimate of drug-likeness (QED) is 0.264. The first-order valence-electron chi connectivity index (χ1n) is 15.0. The van der Waals surface area contributed by atoms with Gasteiger partial charge >= 0.3 is 5.97 Å². The molecule has 2 fully saturated rings. The number of nitrogens with one attached hydrogen (secondary N) is 2. The van der Waals surface area contributed by atoms with E-state index in [1.54, 1.807) is 51.1 Å². The molecule has 5 rings (SSSR count). The predicted molar refractivity (Wildman–Crippen MR) is 169 cm³/mol. The second kappa shape index (κ2) is 13.7. The van der Waals surface area contributed by atoms with E-state index in [9.17, 15) is 28.8 Å². The van der Waals surface area contributed by atoms with E-state index in [1.807, 2.05) is 0 Å². The maximum absolute atomic E-state index is 13.9. The molecule has 0 radical (unpaired) electrons. The highest BCUT2D eigenvalue weighted by Crippen LogP contribution is 2.30. The molecule has 2 aliphatic heterocycles. The molecular formula is C32H33Cl2N5O8. The first kappa shape index (κ1) is 33.9. The smallest absolute Gasteiger partial charge is 0.308 e. The molecule has 2 N–H and O–H groups in total. The SMILES string of the molecule is CC(C)(C)OC(=O)CC(NC(=O)C1CCCN2C(=O)CCC(NC(=O)c3ccccc3)C(=O)N12)C(=O)c1nc2cc(Cl)cc(Cl)c2o1. The van der Waals surface area contributed by atoms with Crippen LogP contribution in [-0.4, -0.2) is 80.7 Å². The largest absolute Gasteiger partial charge is 0.460 e. The zero-order valence-electron chi connectivity index (χ0n) is 25.9. The van der Waals surface area contributed by atoms with Crippen LogP contribution in [0.2, 0.25) is 10.0 Å². The highest BCUT2D eigenvalue weighted by atomic mass is 35.5. The van der Waals surface area contributed by atoms with Crippen LogP contribution >= 0.6 is 23.2 Å². The molecule has 13 nitrogen and oxygen atoms in total. The number of ether oxygens (including phenoxy) is 1.